The maximum atomic E-state index is 12.2. The molecule has 5 N–H and O–H groups in total. The monoisotopic (exact) mass is 287 g/mol. The first kappa shape index (κ1) is 18.2. The molecule has 4 atom stereocenters. The number of carbonyl (C=O) groups is 3. The molecular formula is C13H25N3O4. The highest BCUT2D eigenvalue weighted by Crippen LogP contribution is 2.11. The van der Waals surface area contributed by atoms with Gasteiger partial charge in [0.2, 0.25) is 5.91 Å². The van der Waals surface area contributed by atoms with E-state index in [1.807, 2.05) is 13.8 Å². The Balaban J connectivity index is 4.96. The number of nitrogens with one attached hydrogen (secondary N) is 2. The van der Waals surface area contributed by atoms with Crippen molar-refractivity contribution < 1.29 is 19.5 Å². The number of carboxylic acids is 1. The van der Waals surface area contributed by atoms with Gasteiger partial charge in [0, 0.05) is 0 Å². The van der Waals surface area contributed by atoms with E-state index in [0.29, 0.717) is 12.8 Å². The molecule has 4 unspecified atom stereocenters. The first-order chi connectivity index (χ1) is 9.24. The van der Waals surface area contributed by atoms with Gasteiger partial charge in [0.05, 0.1) is 0 Å². The molecule has 0 radical (unpaired) electrons. The Kier molecular flexibility index (Phi) is 7.64. The van der Waals surface area contributed by atoms with E-state index in [-0.39, 0.29) is 11.8 Å². The van der Waals surface area contributed by atoms with Gasteiger partial charge in [0.15, 0.2) is 0 Å². The van der Waals surface area contributed by atoms with E-state index >= 15 is 0 Å². The highest BCUT2D eigenvalue weighted by atomic mass is 16.4. The first-order valence-corrected chi connectivity index (χ1v) is 6.83. The molecule has 116 valence electrons. The zero-order chi connectivity index (χ0) is 15.9. The van der Waals surface area contributed by atoms with Crippen LogP contribution in [0.1, 0.15) is 40.5 Å². The van der Waals surface area contributed by atoms with Gasteiger partial charge in [0.1, 0.15) is 12.1 Å². The van der Waals surface area contributed by atoms with Crippen LogP contribution in [0.25, 0.3) is 0 Å². The second-order valence-electron chi connectivity index (χ2n) is 5.08. The third kappa shape index (κ3) is 5.46. The number of aliphatic carboxylic acids is 1. The summed E-state index contributed by atoms with van der Waals surface area (Å²) in [5.41, 5.74) is 5.05. The summed E-state index contributed by atoms with van der Waals surface area (Å²) in [5, 5.41) is 14.0. The average molecular weight is 287 g/mol. The molecule has 20 heavy (non-hydrogen) atoms. The molecule has 3 amide bonds. The minimum absolute atomic E-state index is 0.145. The third-order valence-corrected chi connectivity index (χ3v) is 3.57. The lowest BCUT2D eigenvalue weighted by Crippen LogP contribution is -2.56. The summed E-state index contributed by atoms with van der Waals surface area (Å²) in [5.74, 6) is -1.96. The van der Waals surface area contributed by atoms with E-state index in [1.165, 1.54) is 0 Å². The first-order valence-electron chi connectivity index (χ1n) is 6.83. The minimum Gasteiger partial charge on any atom is -0.480 e. The summed E-state index contributed by atoms with van der Waals surface area (Å²) in [6, 6.07) is -2.61. The number of urea groups is 1. The molecule has 7 heteroatoms. The Morgan fingerprint density at radius 2 is 1.45 bits per heavy atom. The predicted molar refractivity (Wildman–Crippen MR) is 75.0 cm³/mol. The van der Waals surface area contributed by atoms with Crippen LogP contribution >= 0.6 is 0 Å². The fourth-order valence-electron chi connectivity index (χ4n) is 1.78. The molecule has 0 aromatic heterocycles. The molecule has 0 saturated carbocycles. The van der Waals surface area contributed by atoms with Crippen molar-refractivity contribution >= 4 is 17.9 Å². The van der Waals surface area contributed by atoms with Gasteiger partial charge in [-0.2, -0.15) is 0 Å². The van der Waals surface area contributed by atoms with Gasteiger partial charge < -0.3 is 21.5 Å². The van der Waals surface area contributed by atoms with Crippen molar-refractivity contribution in [1.82, 2.24) is 10.6 Å². The zero-order valence-electron chi connectivity index (χ0n) is 12.5. The number of hydrogen-bond acceptors (Lipinski definition) is 3. The highest BCUT2D eigenvalue weighted by Gasteiger charge is 2.31. The lowest BCUT2D eigenvalue weighted by atomic mass is 9.95. The van der Waals surface area contributed by atoms with Crippen molar-refractivity contribution in [2.45, 2.75) is 52.6 Å². The van der Waals surface area contributed by atoms with Crippen molar-refractivity contribution in [1.29, 1.82) is 0 Å². The van der Waals surface area contributed by atoms with Crippen LogP contribution in [-0.4, -0.2) is 35.1 Å². The summed E-state index contributed by atoms with van der Waals surface area (Å²) in [6.45, 7) is 7.26. The highest BCUT2D eigenvalue weighted by molar-refractivity contribution is 5.90. The Morgan fingerprint density at radius 3 is 1.80 bits per heavy atom. The van der Waals surface area contributed by atoms with E-state index in [1.54, 1.807) is 13.8 Å². The van der Waals surface area contributed by atoms with Gasteiger partial charge in [-0.15, -0.1) is 0 Å². The molecule has 0 fully saturated rings. The minimum atomic E-state index is -1.09. The van der Waals surface area contributed by atoms with Crippen LogP contribution in [0.3, 0.4) is 0 Å². The lowest BCUT2D eigenvalue weighted by Gasteiger charge is -2.26. The summed E-state index contributed by atoms with van der Waals surface area (Å²) in [4.78, 5) is 34.3. The van der Waals surface area contributed by atoms with E-state index in [0.717, 1.165) is 0 Å². The van der Waals surface area contributed by atoms with Crippen molar-refractivity contribution in [3.05, 3.63) is 0 Å². The van der Waals surface area contributed by atoms with Crippen molar-refractivity contribution in [2.24, 2.45) is 17.6 Å². The molecular weight excluding hydrogens is 262 g/mol. The van der Waals surface area contributed by atoms with Crippen LogP contribution in [0.15, 0.2) is 0 Å². The molecule has 7 nitrogen and oxygen atoms in total. The van der Waals surface area contributed by atoms with Gasteiger partial charge in [-0.25, -0.2) is 9.59 Å². The summed E-state index contributed by atoms with van der Waals surface area (Å²) < 4.78 is 0. The van der Waals surface area contributed by atoms with Crippen LogP contribution in [-0.2, 0) is 9.59 Å². The molecule has 0 rings (SSSR count). The SMILES string of the molecule is CCC(C)C(NC(=O)C(NC(N)=O)C(C)CC)C(=O)O. The molecule has 0 saturated heterocycles. The smallest absolute Gasteiger partial charge is 0.326 e. The molecule has 0 aromatic carbocycles. The van der Waals surface area contributed by atoms with Crippen LogP contribution in [0.2, 0.25) is 0 Å². The standard InChI is InChI=1S/C13H25N3O4/c1-5-7(3)9(16-13(14)20)11(17)15-10(12(18)19)8(4)6-2/h7-10H,5-6H2,1-4H3,(H,15,17)(H,18,19)(H3,14,16,20). The molecule has 0 heterocycles. The topological polar surface area (TPSA) is 122 Å². The molecule has 0 aliphatic rings. The molecule has 0 aromatic rings. The van der Waals surface area contributed by atoms with E-state index < -0.39 is 30.0 Å². The Labute approximate surface area is 119 Å². The lowest BCUT2D eigenvalue weighted by molar-refractivity contribution is -0.143. The number of carboxylic acid groups (broad SMARTS) is 1. The number of rotatable bonds is 8. The van der Waals surface area contributed by atoms with E-state index in [2.05, 4.69) is 10.6 Å². The second-order valence-corrected chi connectivity index (χ2v) is 5.08. The number of primary amides is 1. The van der Waals surface area contributed by atoms with Crippen LogP contribution in [0.4, 0.5) is 4.79 Å². The molecule has 0 aliphatic heterocycles. The van der Waals surface area contributed by atoms with Crippen LogP contribution in [0, 0.1) is 11.8 Å². The zero-order valence-corrected chi connectivity index (χ0v) is 12.5. The van der Waals surface area contributed by atoms with E-state index in [9.17, 15) is 14.4 Å². The van der Waals surface area contributed by atoms with Gasteiger partial charge in [0.25, 0.3) is 0 Å². The molecule has 0 spiro atoms. The number of amides is 3. The number of hydrogen-bond donors (Lipinski definition) is 4. The summed E-state index contributed by atoms with van der Waals surface area (Å²) in [7, 11) is 0. The Bertz CT molecular complexity index is 360. The second kappa shape index (κ2) is 8.39. The average Bonchev–Trinajstić information content (AvgIpc) is 2.39. The maximum absolute atomic E-state index is 12.2. The van der Waals surface area contributed by atoms with Gasteiger partial charge >= 0.3 is 12.0 Å². The number of carbonyl (C=O) groups excluding carboxylic acids is 2. The van der Waals surface area contributed by atoms with Crippen molar-refractivity contribution in [3.8, 4) is 0 Å². The Morgan fingerprint density at radius 1 is 1.00 bits per heavy atom. The van der Waals surface area contributed by atoms with Crippen LogP contribution in [0.5, 0.6) is 0 Å². The molecule has 0 bridgehead atoms. The molecule has 0 aliphatic carbocycles. The van der Waals surface area contributed by atoms with Gasteiger partial charge in [-0.1, -0.05) is 40.5 Å². The third-order valence-electron chi connectivity index (χ3n) is 3.57. The summed E-state index contributed by atoms with van der Waals surface area (Å²) >= 11 is 0. The number of nitrogens with two attached hydrogens (primary N) is 1. The fraction of sp³-hybridized carbons (Fsp3) is 0.769. The maximum Gasteiger partial charge on any atom is 0.326 e. The largest absolute Gasteiger partial charge is 0.480 e. The van der Waals surface area contributed by atoms with Crippen molar-refractivity contribution in [3.63, 3.8) is 0 Å². The fourth-order valence-corrected chi connectivity index (χ4v) is 1.78. The quantitative estimate of drug-likeness (QED) is 0.524. The predicted octanol–water partition coefficient (Wildman–Crippen LogP) is 0.685. The van der Waals surface area contributed by atoms with Gasteiger partial charge in [-0.05, 0) is 11.8 Å². The van der Waals surface area contributed by atoms with Crippen molar-refractivity contribution in [2.75, 3.05) is 0 Å². The normalized spacial score (nSPS) is 16.6. The van der Waals surface area contributed by atoms with Gasteiger partial charge in [-0.3, -0.25) is 4.79 Å². The Hall–Kier alpha value is -1.79. The van der Waals surface area contributed by atoms with E-state index in [4.69, 9.17) is 10.8 Å². The van der Waals surface area contributed by atoms with Crippen LogP contribution < -0.4 is 16.4 Å². The summed E-state index contributed by atoms with van der Waals surface area (Å²) in [6.07, 6.45) is 1.27.